The lowest BCUT2D eigenvalue weighted by Gasteiger charge is -2.15. The van der Waals surface area contributed by atoms with Crippen molar-refractivity contribution in [1.82, 2.24) is 20.1 Å². The topological polar surface area (TPSA) is 85.1 Å². The number of aromatic amines is 1. The van der Waals surface area contributed by atoms with Crippen LogP contribution in [0.15, 0.2) is 65.5 Å². The number of amides is 1. The molecule has 1 unspecified atom stereocenters. The predicted molar refractivity (Wildman–Crippen MR) is 96.3 cm³/mol. The van der Waals surface area contributed by atoms with Crippen molar-refractivity contribution in [2.75, 3.05) is 13.7 Å². The lowest BCUT2D eigenvalue weighted by molar-refractivity contribution is 0.0944. The van der Waals surface area contributed by atoms with Crippen LogP contribution in [0.4, 0.5) is 0 Å². The molecule has 3 aromatic heterocycles. The van der Waals surface area contributed by atoms with Crippen molar-refractivity contribution in [2.45, 2.75) is 6.04 Å². The molecule has 0 aliphatic rings. The van der Waals surface area contributed by atoms with E-state index in [1.807, 2.05) is 48.7 Å². The molecule has 1 atom stereocenters. The molecule has 4 rings (SSSR count). The number of carbonyl (C=O) groups excluding carboxylic acids is 1. The van der Waals surface area contributed by atoms with Crippen molar-refractivity contribution in [1.29, 1.82) is 0 Å². The van der Waals surface area contributed by atoms with Crippen molar-refractivity contribution in [3.05, 3.63) is 72.6 Å². The predicted octanol–water partition coefficient (Wildman–Crippen LogP) is 2.99. The summed E-state index contributed by atoms with van der Waals surface area (Å²) in [7, 11) is 1.61. The molecule has 0 saturated heterocycles. The number of fused-ring (bicyclic) bond motifs is 1. The SMILES string of the molecule is COc1ccc2cc(C(=O)NCC(c3ccco3)n3cccn3)[nH]c2c1. The number of nitrogens with one attached hydrogen (secondary N) is 2. The second-order valence-corrected chi connectivity index (χ2v) is 5.86. The Bertz CT molecular complexity index is 969. The largest absolute Gasteiger partial charge is 0.497 e. The minimum atomic E-state index is -0.214. The zero-order valence-electron chi connectivity index (χ0n) is 14.2. The van der Waals surface area contributed by atoms with Gasteiger partial charge in [-0.3, -0.25) is 9.48 Å². The smallest absolute Gasteiger partial charge is 0.267 e. The number of carbonyl (C=O) groups is 1. The summed E-state index contributed by atoms with van der Waals surface area (Å²) in [5.74, 6) is 1.28. The molecular weight excluding hydrogens is 332 g/mol. The van der Waals surface area contributed by atoms with Gasteiger partial charge in [0.1, 0.15) is 23.2 Å². The van der Waals surface area contributed by atoms with Crippen LogP contribution in [0.2, 0.25) is 0 Å². The molecule has 4 aromatic rings. The third-order valence-corrected chi connectivity index (χ3v) is 4.25. The molecule has 7 nitrogen and oxygen atoms in total. The van der Waals surface area contributed by atoms with Gasteiger partial charge in [0.25, 0.3) is 5.91 Å². The summed E-state index contributed by atoms with van der Waals surface area (Å²) >= 11 is 0. The summed E-state index contributed by atoms with van der Waals surface area (Å²) in [5, 5.41) is 8.15. The quantitative estimate of drug-likeness (QED) is 0.560. The maximum atomic E-state index is 12.6. The monoisotopic (exact) mass is 350 g/mol. The Labute approximate surface area is 149 Å². The molecule has 1 aromatic carbocycles. The van der Waals surface area contributed by atoms with Gasteiger partial charge in [0.2, 0.25) is 0 Å². The maximum Gasteiger partial charge on any atom is 0.267 e. The summed E-state index contributed by atoms with van der Waals surface area (Å²) in [6.07, 6.45) is 5.15. The molecule has 0 radical (unpaired) electrons. The zero-order valence-corrected chi connectivity index (χ0v) is 14.2. The highest BCUT2D eigenvalue weighted by Gasteiger charge is 2.19. The van der Waals surface area contributed by atoms with Gasteiger partial charge in [-0.2, -0.15) is 5.10 Å². The first kappa shape index (κ1) is 16.0. The van der Waals surface area contributed by atoms with Gasteiger partial charge in [0, 0.05) is 35.9 Å². The highest BCUT2D eigenvalue weighted by atomic mass is 16.5. The second-order valence-electron chi connectivity index (χ2n) is 5.86. The van der Waals surface area contributed by atoms with E-state index < -0.39 is 0 Å². The molecule has 132 valence electrons. The van der Waals surface area contributed by atoms with E-state index in [0.29, 0.717) is 12.2 Å². The number of aromatic nitrogens is 3. The summed E-state index contributed by atoms with van der Waals surface area (Å²) in [5.41, 5.74) is 1.34. The van der Waals surface area contributed by atoms with Gasteiger partial charge in [0.15, 0.2) is 0 Å². The minimum absolute atomic E-state index is 0.191. The highest BCUT2D eigenvalue weighted by Crippen LogP contribution is 2.22. The Morgan fingerprint density at radius 3 is 3.00 bits per heavy atom. The van der Waals surface area contributed by atoms with E-state index in [9.17, 15) is 4.79 Å². The van der Waals surface area contributed by atoms with Gasteiger partial charge in [-0.15, -0.1) is 0 Å². The van der Waals surface area contributed by atoms with Gasteiger partial charge < -0.3 is 19.5 Å². The van der Waals surface area contributed by atoms with Crippen molar-refractivity contribution >= 4 is 16.8 Å². The third-order valence-electron chi connectivity index (χ3n) is 4.25. The first-order chi connectivity index (χ1) is 12.7. The average Bonchev–Trinajstić information content (AvgIpc) is 3.41. The molecule has 0 fully saturated rings. The number of rotatable bonds is 6. The number of methoxy groups -OCH3 is 1. The van der Waals surface area contributed by atoms with Crippen LogP contribution in [-0.4, -0.2) is 34.3 Å². The van der Waals surface area contributed by atoms with E-state index in [1.54, 1.807) is 24.3 Å². The molecule has 7 heteroatoms. The Morgan fingerprint density at radius 1 is 1.35 bits per heavy atom. The molecule has 26 heavy (non-hydrogen) atoms. The fraction of sp³-hybridized carbons (Fsp3) is 0.158. The van der Waals surface area contributed by atoms with Crippen LogP contribution in [0, 0.1) is 0 Å². The second kappa shape index (κ2) is 6.79. The Morgan fingerprint density at radius 2 is 2.27 bits per heavy atom. The Hall–Kier alpha value is -3.48. The summed E-state index contributed by atoms with van der Waals surface area (Å²) in [6, 6.07) is 12.8. The number of benzene rings is 1. The third kappa shape index (κ3) is 3.06. The molecule has 0 spiro atoms. The molecule has 0 saturated carbocycles. The first-order valence-corrected chi connectivity index (χ1v) is 8.22. The van der Waals surface area contributed by atoms with Gasteiger partial charge in [-0.1, -0.05) is 0 Å². The van der Waals surface area contributed by atoms with Crippen molar-refractivity contribution in [3.8, 4) is 5.75 Å². The van der Waals surface area contributed by atoms with Crippen LogP contribution < -0.4 is 10.1 Å². The van der Waals surface area contributed by atoms with E-state index in [-0.39, 0.29) is 11.9 Å². The van der Waals surface area contributed by atoms with Crippen LogP contribution >= 0.6 is 0 Å². The van der Waals surface area contributed by atoms with E-state index in [0.717, 1.165) is 22.4 Å². The van der Waals surface area contributed by atoms with Crippen LogP contribution in [0.5, 0.6) is 5.75 Å². The first-order valence-electron chi connectivity index (χ1n) is 8.22. The summed E-state index contributed by atoms with van der Waals surface area (Å²) in [4.78, 5) is 15.7. The van der Waals surface area contributed by atoms with Gasteiger partial charge in [-0.25, -0.2) is 0 Å². The van der Waals surface area contributed by atoms with Gasteiger partial charge >= 0.3 is 0 Å². The molecule has 0 bridgehead atoms. The van der Waals surface area contributed by atoms with Crippen molar-refractivity contribution in [3.63, 3.8) is 0 Å². The number of furan rings is 1. The average molecular weight is 350 g/mol. The van der Waals surface area contributed by atoms with E-state index in [2.05, 4.69) is 15.4 Å². The van der Waals surface area contributed by atoms with E-state index in [1.165, 1.54) is 0 Å². The number of H-pyrrole nitrogens is 1. The van der Waals surface area contributed by atoms with Crippen molar-refractivity contribution in [2.24, 2.45) is 0 Å². The van der Waals surface area contributed by atoms with Gasteiger partial charge in [-0.05, 0) is 36.4 Å². The summed E-state index contributed by atoms with van der Waals surface area (Å²) in [6.45, 7) is 0.354. The standard InChI is InChI=1S/C19H18N4O3/c1-25-14-6-5-13-10-16(22-15(13)11-14)19(24)20-12-17(18-4-2-9-26-18)23-8-3-7-21-23/h2-11,17,22H,12H2,1H3,(H,20,24). The van der Waals surface area contributed by atoms with Crippen LogP contribution in [0.1, 0.15) is 22.3 Å². The minimum Gasteiger partial charge on any atom is -0.497 e. The highest BCUT2D eigenvalue weighted by molar-refractivity contribution is 5.98. The fourth-order valence-corrected chi connectivity index (χ4v) is 2.91. The number of hydrogen-bond acceptors (Lipinski definition) is 4. The molecule has 1 amide bonds. The number of hydrogen-bond donors (Lipinski definition) is 2. The number of nitrogens with zero attached hydrogens (tertiary/aromatic N) is 2. The van der Waals surface area contributed by atoms with Crippen molar-refractivity contribution < 1.29 is 13.9 Å². The molecule has 0 aliphatic heterocycles. The summed E-state index contributed by atoms with van der Waals surface area (Å²) < 4.78 is 12.5. The lowest BCUT2D eigenvalue weighted by atomic mass is 10.2. The Balaban J connectivity index is 1.52. The van der Waals surface area contributed by atoms with Crippen LogP contribution in [0.25, 0.3) is 10.9 Å². The fourth-order valence-electron chi connectivity index (χ4n) is 2.91. The van der Waals surface area contributed by atoms with E-state index in [4.69, 9.17) is 9.15 Å². The van der Waals surface area contributed by atoms with Crippen LogP contribution in [0.3, 0.4) is 0 Å². The lowest BCUT2D eigenvalue weighted by Crippen LogP contribution is -2.31. The molecular formula is C19H18N4O3. The normalized spacial score (nSPS) is 12.2. The van der Waals surface area contributed by atoms with Crippen LogP contribution in [-0.2, 0) is 0 Å². The molecule has 3 heterocycles. The number of ether oxygens (including phenoxy) is 1. The maximum absolute atomic E-state index is 12.6. The zero-order chi connectivity index (χ0) is 17.9. The molecule has 0 aliphatic carbocycles. The van der Waals surface area contributed by atoms with Gasteiger partial charge in [0.05, 0.1) is 13.4 Å². The van der Waals surface area contributed by atoms with E-state index >= 15 is 0 Å². The molecule has 2 N–H and O–H groups in total. The Kier molecular flexibility index (Phi) is 4.18.